The minimum Gasteiger partial charge on any atom is -0.495 e. The van der Waals surface area contributed by atoms with E-state index in [0.29, 0.717) is 5.75 Å². The van der Waals surface area contributed by atoms with Crippen molar-refractivity contribution in [2.45, 2.75) is 0 Å². The molecule has 0 radical (unpaired) electrons. The summed E-state index contributed by atoms with van der Waals surface area (Å²) in [5.74, 6) is 0.301. The van der Waals surface area contributed by atoms with Crippen LogP contribution in [-0.2, 0) is 10.0 Å². The predicted octanol–water partition coefficient (Wildman–Crippen LogP) is -1.25. The van der Waals surface area contributed by atoms with Gasteiger partial charge in [0.25, 0.3) is 0 Å². The van der Waals surface area contributed by atoms with Gasteiger partial charge in [-0.2, -0.15) is 0 Å². The minimum absolute atomic E-state index is 0.163. The predicted molar refractivity (Wildman–Crippen MR) is 61.3 cm³/mol. The topological polar surface area (TPSA) is 95.9 Å². The number of rotatable bonds is 4. The van der Waals surface area contributed by atoms with Crippen molar-refractivity contribution in [3.05, 3.63) is 18.2 Å². The molecule has 0 aliphatic heterocycles. The molecule has 8 heteroatoms. The van der Waals surface area contributed by atoms with Crippen LogP contribution >= 0.6 is 0 Å². The molecule has 0 saturated carbocycles. The second-order valence-electron chi connectivity index (χ2n) is 3.21. The number of nitrogens with one attached hydrogen (secondary N) is 1. The SMILES string of the molecule is COc1ccc(B(O)O)cc1NS(C)(=O)=O. The Labute approximate surface area is 94.1 Å². The van der Waals surface area contributed by atoms with Crippen molar-refractivity contribution >= 4 is 28.3 Å². The van der Waals surface area contributed by atoms with Crippen LogP contribution in [0.4, 0.5) is 5.69 Å². The Hall–Kier alpha value is -1.25. The van der Waals surface area contributed by atoms with Crippen molar-refractivity contribution < 1.29 is 23.2 Å². The van der Waals surface area contributed by atoms with Gasteiger partial charge in [0.15, 0.2) is 0 Å². The highest BCUT2D eigenvalue weighted by Crippen LogP contribution is 2.23. The zero-order valence-electron chi connectivity index (χ0n) is 8.84. The van der Waals surface area contributed by atoms with E-state index in [4.69, 9.17) is 14.8 Å². The third kappa shape index (κ3) is 3.40. The Balaban J connectivity index is 3.17. The van der Waals surface area contributed by atoms with Gasteiger partial charge in [-0.05, 0) is 17.6 Å². The second-order valence-corrected chi connectivity index (χ2v) is 4.96. The van der Waals surface area contributed by atoms with E-state index in [9.17, 15) is 8.42 Å². The summed E-state index contributed by atoms with van der Waals surface area (Å²) in [7, 11) is -3.72. The van der Waals surface area contributed by atoms with E-state index in [-0.39, 0.29) is 11.2 Å². The first-order valence-electron chi connectivity index (χ1n) is 4.35. The molecule has 0 amide bonds. The quantitative estimate of drug-likeness (QED) is 0.576. The van der Waals surface area contributed by atoms with E-state index >= 15 is 0 Å². The largest absolute Gasteiger partial charge is 0.495 e. The number of ether oxygens (including phenoxy) is 1. The van der Waals surface area contributed by atoms with Crippen molar-refractivity contribution in [1.29, 1.82) is 0 Å². The Kier molecular flexibility index (Phi) is 3.79. The van der Waals surface area contributed by atoms with Gasteiger partial charge in [0.1, 0.15) is 5.75 Å². The van der Waals surface area contributed by atoms with Crippen molar-refractivity contribution in [2.75, 3.05) is 18.1 Å². The maximum absolute atomic E-state index is 11.1. The van der Waals surface area contributed by atoms with E-state index < -0.39 is 17.1 Å². The molecule has 0 heterocycles. The van der Waals surface area contributed by atoms with Crippen LogP contribution in [0, 0.1) is 0 Å². The van der Waals surface area contributed by atoms with E-state index in [1.54, 1.807) is 0 Å². The molecular formula is C8H12BNO5S. The second kappa shape index (κ2) is 4.73. The summed E-state index contributed by atoms with van der Waals surface area (Å²) in [6.07, 6.45) is 0.995. The first-order valence-corrected chi connectivity index (χ1v) is 6.24. The van der Waals surface area contributed by atoms with Gasteiger partial charge < -0.3 is 14.8 Å². The molecular weight excluding hydrogens is 233 g/mol. The molecule has 0 fully saturated rings. The monoisotopic (exact) mass is 245 g/mol. The van der Waals surface area contributed by atoms with E-state index in [1.807, 2.05) is 0 Å². The fraction of sp³-hybridized carbons (Fsp3) is 0.250. The number of hydrogen-bond donors (Lipinski definition) is 3. The minimum atomic E-state index is -3.45. The van der Waals surface area contributed by atoms with Crippen molar-refractivity contribution in [3.63, 3.8) is 0 Å². The number of hydrogen-bond acceptors (Lipinski definition) is 5. The molecule has 0 aliphatic rings. The van der Waals surface area contributed by atoms with Crippen LogP contribution < -0.4 is 14.9 Å². The highest BCUT2D eigenvalue weighted by Gasteiger charge is 2.15. The van der Waals surface area contributed by atoms with Crippen LogP contribution in [0.5, 0.6) is 5.75 Å². The normalized spacial score (nSPS) is 11.0. The molecule has 1 rings (SSSR count). The summed E-state index contributed by atoms with van der Waals surface area (Å²) in [6.45, 7) is 0. The molecule has 6 nitrogen and oxygen atoms in total. The standard InChI is InChI=1S/C8H12BNO5S/c1-15-8-4-3-6(9(11)12)5-7(8)10-16(2,13)14/h3-5,10-12H,1-2H3. The van der Waals surface area contributed by atoms with Gasteiger partial charge in [0.2, 0.25) is 10.0 Å². The van der Waals surface area contributed by atoms with Gasteiger partial charge in [-0.3, -0.25) is 4.72 Å². The summed E-state index contributed by atoms with van der Waals surface area (Å²) in [5.41, 5.74) is 0.336. The molecule has 88 valence electrons. The maximum atomic E-state index is 11.1. The molecule has 0 atom stereocenters. The van der Waals surface area contributed by atoms with Crippen LogP contribution in [0.2, 0.25) is 0 Å². The fourth-order valence-corrected chi connectivity index (χ4v) is 1.72. The summed E-state index contributed by atoms with van der Waals surface area (Å²) in [4.78, 5) is 0. The third-order valence-corrected chi connectivity index (χ3v) is 2.41. The van der Waals surface area contributed by atoms with Gasteiger partial charge >= 0.3 is 7.12 Å². The highest BCUT2D eigenvalue weighted by atomic mass is 32.2. The van der Waals surface area contributed by atoms with Gasteiger partial charge in [-0.1, -0.05) is 6.07 Å². The lowest BCUT2D eigenvalue weighted by atomic mass is 9.80. The van der Waals surface area contributed by atoms with Crippen molar-refractivity contribution in [3.8, 4) is 5.75 Å². The number of benzene rings is 1. The van der Waals surface area contributed by atoms with Crippen molar-refractivity contribution in [1.82, 2.24) is 0 Å². The van der Waals surface area contributed by atoms with E-state index in [0.717, 1.165) is 6.26 Å². The zero-order chi connectivity index (χ0) is 12.3. The zero-order valence-corrected chi connectivity index (χ0v) is 9.65. The van der Waals surface area contributed by atoms with Crippen LogP contribution in [-0.4, -0.2) is 38.9 Å². The third-order valence-electron chi connectivity index (χ3n) is 1.82. The summed E-state index contributed by atoms with van der Waals surface area (Å²) in [5, 5.41) is 17.9. The maximum Gasteiger partial charge on any atom is 0.488 e. The molecule has 0 spiro atoms. The summed E-state index contributed by atoms with van der Waals surface area (Å²) >= 11 is 0. The molecule has 16 heavy (non-hydrogen) atoms. The van der Waals surface area contributed by atoms with E-state index in [1.165, 1.54) is 25.3 Å². The van der Waals surface area contributed by atoms with E-state index in [2.05, 4.69) is 4.72 Å². The lowest BCUT2D eigenvalue weighted by Gasteiger charge is -2.11. The first kappa shape index (κ1) is 12.8. The fourth-order valence-electron chi connectivity index (χ4n) is 1.17. The highest BCUT2D eigenvalue weighted by molar-refractivity contribution is 7.92. The van der Waals surface area contributed by atoms with Gasteiger partial charge in [0, 0.05) is 0 Å². The Morgan fingerprint density at radius 3 is 2.44 bits per heavy atom. The number of sulfonamides is 1. The Bertz CT molecular complexity index is 473. The molecule has 0 aromatic heterocycles. The molecule has 0 unspecified atom stereocenters. The lowest BCUT2D eigenvalue weighted by Crippen LogP contribution is -2.30. The molecule has 3 N–H and O–H groups in total. The van der Waals surface area contributed by atoms with Gasteiger partial charge in [0.05, 0.1) is 19.1 Å². The van der Waals surface area contributed by atoms with Crippen LogP contribution in [0.1, 0.15) is 0 Å². The molecule has 0 saturated heterocycles. The number of methoxy groups -OCH3 is 1. The van der Waals surface area contributed by atoms with Gasteiger partial charge in [-0.15, -0.1) is 0 Å². The summed E-state index contributed by atoms with van der Waals surface area (Å²) in [6, 6.07) is 4.17. The molecule has 1 aromatic carbocycles. The average molecular weight is 245 g/mol. The number of anilines is 1. The summed E-state index contributed by atoms with van der Waals surface area (Å²) < 4.78 is 29.3. The average Bonchev–Trinajstić information content (AvgIpc) is 2.15. The Morgan fingerprint density at radius 2 is 2.00 bits per heavy atom. The van der Waals surface area contributed by atoms with Crippen LogP contribution in [0.3, 0.4) is 0 Å². The van der Waals surface area contributed by atoms with Gasteiger partial charge in [-0.25, -0.2) is 8.42 Å². The van der Waals surface area contributed by atoms with Crippen molar-refractivity contribution in [2.24, 2.45) is 0 Å². The molecule has 0 bridgehead atoms. The molecule has 1 aromatic rings. The first-order chi connectivity index (χ1) is 7.33. The lowest BCUT2D eigenvalue weighted by molar-refractivity contribution is 0.416. The van der Waals surface area contributed by atoms with Crippen LogP contribution in [0.15, 0.2) is 18.2 Å². The van der Waals surface area contributed by atoms with Crippen LogP contribution in [0.25, 0.3) is 0 Å². The molecule has 0 aliphatic carbocycles. The smallest absolute Gasteiger partial charge is 0.488 e. The Morgan fingerprint density at radius 1 is 1.38 bits per heavy atom.